The van der Waals surface area contributed by atoms with Gasteiger partial charge >= 0.3 is 0 Å². The maximum absolute atomic E-state index is 12.7. The lowest BCUT2D eigenvalue weighted by Crippen LogP contribution is -2.30. The molecule has 1 aromatic heterocycles. The first-order valence-electron chi connectivity index (χ1n) is 6.25. The Hall–Kier alpha value is -1.04. The molecule has 0 saturated carbocycles. The number of hydrogen-bond acceptors (Lipinski definition) is 4. The monoisotopic (exact) mass is 255 g/mol. The Morgan fingerprint density at radius 2 is 2.22 bits per heavy atom. The van der Waals surface area contributed by atoms with E-state index in [0.29, 0.717) is 0 Å². The van der Waals surface area contributed by atoms with Gasteiger partial charge in [0.05, 0.1) is 18.5 Å². The van der Waals surface area contributed by atoms with Crippen molar-refractivity contribution in [1.29, 1.82) is 0 Å². The van der Waals surface area contributed by atoms with E-state index in [4.69, 9.17) is 10.5 Å². The van der Waals surface area contributed by atoms with Crippen LogP contribution in [-0.2, 0) is 4.74 Å². The summed E-state index contributed by atoms with van der Waals surface area (Å²) in [6.07, 6.45) is 2.01. The molecule has 0 aliphatic rings. The molecule has 102 valence electrons. The fourth-order valence-corrected chi connectivity index (χ4v) is 1.72. The average Bonchev–Trinajstić information content (AvgIpc) is 2.39. The number of nitrogens with two attached hydrogens (primary N) is 1. The number of methoxy groups -OCH3 is 1. The second-order valence-electron chi connectivity index (χ2n) is 4.22. The highest BCUT2D eigenvalue weighted by molar-refractivity contribution is 5.09. The van der Waals surface area contributed by atoms with Crippen LogP contribution in [0.2, 0.25) is 0 Å². The highest BCUT2D eigenvalue weighted by atomic mass is 19.1. The van der Waals surface area contributed by atoms with Crippen LogP contribution >= 0.6 is 0 Å². The van der Waals surface area contributed by atoms with E-state index in [-0.39, 0.29) is 11.9 Å². The van der Waals surface area contributed by atoms with Crippen molar-refractivity contribution in [3.05, 3.63) is 29.8 Å². The zero-order valence-electron chi connectivity index (χ0n) is 11.1. The lowest BCUT2D eigenvalue weighted by atomic mass is 10.1. The molecule has 0 aliphatic carbocycles. The van der Waals surface area contributed by atoms with Crippen LogP contribution in [0, 0.1) is 5.82 Å². The molecule has 1 aromatic rings. The smallest absolute Gasteiger partial charge is 0.141 e. The Kier molecular flexibility index (Phi) is 6.78. The molecular weight excluding hydrogens is 233 g/mol. The van der Waals surface area contributed by atoms with Crippen LogP contribution in [0.15, 0.2) is 18.3 Å². The van der Waals surface area contributed by atoms with Gasteiger partial charge in [0.15, 0.2) is 0 Å². The lowest BCUT2D eigenvalue weighted by Gasteiger charge is -2.21. The van der Waals surface area contributed by atoms with Crippen molar-refractivity contribution in [2.24, 2.45) is 5.73 Å². The van der Waals surface area contributed by atoms with Gasteiger partial charge in [0.2, 0.25) is 0 Å². The molecule has 0 aromatic carbocycles. The molecule has 0 fully saturated rings. The minimum atomic E-state index is -0.332. The zero-order valence-corrected chi connectivity index (χ0v) is 11.1. The molecule has 0 saturated heterocycles. The molecule has 18 heavy (non-hydrogen) atoms. The summed E-state index contributed by atoms with van der Waals surface area (Å²) in [6.45, 7) is 5.58. The van der Waals surface area contributed by atoms with Crippen LogP contribution in [0.25, 0.3) is 0 Å². The van der Waals surface area contributed by atoms with E-state index in [2.05, 4.69) is 16.8 Å². The highest BCUT2D eigenvalue weighted by Gasteiger charge is 2.10. The quantitative estimate of drug-likeness (QED) is 0.766. The predicted octanol–water partition coefficient (Wildman–Crippen LogP) is 1.58. The Labute approximate surface area is 108 Å². The number of aromatic nitrogens is 1. The van der Waals surface area contributed by atoms with Gasteiger partial charge in [-0.05, 0) is 25.1 Å². The molecule has 0 radical (unpaired) electrons. The number of hydrogen-bond donors (Lipinski definition) is 1. The van der Waals surface area contributed by atoms with Gasteiger partial charge in [-0.25, -0.2) is 4.39 Å². The van der Waals surface area contributed by atoms with Gasteiger partial charge in [-0.3, -0.25) is 4.98 Å². The molecule has 1 rings (SSSR count). The van der Waals surface area contributed by atoms with Crippen molar-refractivity contribution in [1.82, 2.24) is 9.88 Å². The number of likely N-dealkylation sites (N-methyl/N-ethyl adjacent to an activating group) is 1. The summed E-state index contributed by atoms with van der Waals surface area (Å²) in [5.74, 6) is -0.332. The van der Waals surface area contributed by atoms with Gasteiger partial charge in [-0.15, -0.1) is 0 Å². The number of nitrogens with zero attached hydrogens (tertiary/aromatic N) is 2. The number of ether oxygens (including phenoxy) is 1. The molecule has 4 nitrogen and oxygen atoms in total. The van der Waals surface area contributed by atoms with Gasteiger partial charge in [0.25, 0.3) is 0 Å². The van der Waals surface area contributed by atoms with Crippen LogP contribution in [0.4, 0.5) is 4.39 Å². The standard InChI is InChI=1S/C13H22FN3O/c1-3-17(8-9-18-2)7-6-12(15)13-5-4-11(14)10-16-13/h4-5,10,12H,3,6-9,15H2,1-2H3. The van der Waals surface area contributed by atoms with Crippen molar-refractivity contribution in [3.63, 3.8) is 0 Å². The summed E-state index contributed by atoms with van der Waals surface area (Å²) in [5.41, 5.74) is 6.77. The van der Waals surface area contributed by atoms with Crippen LogP contribution in [0.5, 0.6) is 0 Å². The molecular formula is C13H22FN3O. The van der Waals surface area contributed by atoms with Gasteiger partial charge in [0, 0.05) is 26.2 Å². The number of pyridine rings is 1. The second kappa shape index (κ2) is 8.13. The van der Waals surface area contributed by atoms with Crippen LogP contribution < -0.4 is 5.73 Å². The van der Waals surface area contributed by atoms with E-state index in [1.165, 1.54) is 12.3 Å². The summed E-state index contributed by atoms with van der Waals surface area (Å²) >= 11 is 0. The maximum atomic E-state index is 12.7. The number of rotatable bonds is 8. The van der Waals surface area contributed by atoms with Gasteiger partial charge in [-0.1, -0.05) is 6.92 Å². The fourth-order valence-electron chi connectivity index (χ4n) is 1.72. The molecule has 2 N–H and O–H groups in total. The summed E-state index contributed by atoms with van der Waals surface area (Å²) < 4.78 is 17.8. The van der Waals surface area contributed by atoms with E-state index < -0.39 is 0 Å². The molecule has 1 unspecified atom stereocenters. The number of halogens is 1. The van der Waals surface area contributed by atoms with E-state index >= 15 is 0 Å². The molecule has 0 spiro atoms. The minimum Gasteiger partial charge on any atom is -0.383 e. The summed E-state index contributed by atoms with van der Waals surface area (Å²) in [5, 5.41) is 0. The molecule has 0 bridgehead atoms. The van der Waals surface area contributed by atoms with E-state index in [1.807, 2.05) is 0 Å². The molecule has 5 heteroatoms. The average molecular weight is 255 g/mol. The Morgan fingerprint density at radius 1 is 1.44 bits per heavy atom. The molecule has 1 heterocycles. The third kappa shape index (κ3) is 5.08. The summed E-state index contributed by atoms with van der Waals surface area (Å²) in [4.78, 5) is 6.27. The zero-order chi connectivity index (χ0) is 13.4. The van der Waals surface area contributed by atoms with Crippen LogP contribution in [0.1, 0.15) is 25.1 Å². The van der Waals surface area contributed by atoms with Crippen molar-refractivity contribution in [3.8, 4) is 0 Å². The molecule has 1 atom stereocenters. The topological polar surface area (TPSA) is 51.4 Å². The van der Waals surface area contributed by atoms with Crippen LogP contribution in [-0.4, -0.2) is 43.2 Å². The first-order valence-corrected chi connectivity index (χ1v) is 6.25. The Balaban J connectivity index is 2.39. The maximum Gasteiger partial charge on any atom is 0.141 e. The van der Waals surface area contributed by atoms with Crippen molar-refractivity contribution < 1.29 is 9.13 Å². The second-order valence-corrected chi connectivity index (χ2v) is 4.22. The first kappa shape index (κ1) is 15.0. The summed E-state index contributed by atoms with van der Waals surface area (Å²) in [6, 6.07) is 2.89. The van der Waals surface area contributed by atoms with Crippen molar-refractivity contribution in [2.75, 3.05) is 33.4 Å². The Bertz CT molecular complexity index is 332. The van der Waals surface area contributed by atoms with Gasteiger partial charge < -0.3 is 15.4 Å². The molecule has 0 amide bonds. The lowest BCUT2D eigenvalue weighted by molar-refractivity contribution is 0.148. The normalized spacial score (nSPS) is 12.9. The SMILES string of the molecule is CCN(CCOC)CCC(N)c1ccc(F)cn1. The third-order valence-corrected chi connectivity index (χ3v) is 2.95. The predicted molar refractivity (Wildman–Crippen MR) is 69.7 cm³/mol. The fraction of sp³-hybridized carbons (Fsp3) is 0.615. The van der Waals surface area contributed by atoms with Gasteiger partial charge in [-0.2, -0.15) is 0 Å². The largest absolute Gasteiger partial charge is 0.383 e. The van der Waals surface area contributed by atoms with E-state index in [0.717, 1.165) is 38.4 Å². The van der Waals surface area contributed by atoms with Gasteiger partial charge in [0.1, 0.15) is 5.82 Å². The Morgan fingerprint density at radius 3 is 2.78 bits per heavy atom. The highest BCUT2D eigenvalue weighted by Crippen LogP contribution is 2.12. The van der Waals surface area contributed by atoms with Crippen LogP contribution in [0.3, 0.4) is 0 Å². The van der Waals surface area contributed by atoms with E-state index in [9.17, 15) is 4.39 Å². The van der Waals surface area contributed by atoms with Crippen molar-refractivity contribution >= 4 is 0 Å². The third-order valence-electron chi connectivity index (χ3n) is 2.95. The first-order chi connectivity index (χ1) is 8.67. The minimum absolute atomic E-state index is 0.151. The van der Waals surface area contributed by atoms with Crippen molar-refractivity contribution in [2.45, 2.75) is 19.4 Å². The molecule has 0 aliphatic heterocycles. The summed E-state index contributed by atoms with van der Waals surface area (Å²) in [7, 11) is 1.70. The van der Waals surface area contributed by atoms with E-state index in [1.54, 1.807) is 13.2 Å².